The fourth-order valence-electron chi connectivity index (χ4n) is 7.39. The third-order valence-corrected chi connectivity index (χ3v) is 9.76. The van der Waals surface area contributed by atoms with Crippen LogP contribution in [0.4, 0.5) is 17.1 Å². The van der Waals surface area contributed by atoms with Gasteiger partial charge in [-0.25, -0.2) is 0 Å². The molecule has 1 aliphatic carbocycles. The minimum Gasteiger partial charge on any atom is -0.310 e. The second-order valence-electron chi connectivity index (χ2n) is 12.5. The molecule has 0 aliphatic heterocycles. The minimum absolute atomic E-state index is 0.0696. The Bertz CT molecular complexity index is 3100. The van der Waals surface area contributed by atoms with E-state index in [1.807, 2.05) is 18.2 Å². The smallest absolute Gasteiger partial charge is 0.0645 e. The van der Waals surface area contributed by atoms with Crippen LogP contribution in [0.1, 0.15) is 22.1 Å². The van der Waals surface area contributed by atoms with Gasteiger partial charge in [0, 0.05) is 33.5 Å². The summed E-state index contributed by atoms with van der Waals surface area (Å²) >= 11 is 0. The summed E-state index contributed by atoms with van der Waals surface area (Å²) in [5.74, 6) is 0. The van der Waals surface area contributed by atoms with Gasteiger partial charge in [-0.2, -0.15) is 0 Å². The highest BCUT2D eigenvalue weighted by Gasteiger charge is 2.25. The number of benzene rings is 8. The van der Waals surface area contributed by atoms with Gasteiger partial charge in [0.1, 0.15) is 0 Å². The van der Waals surface area contributed by atoms with Crippen LogP contribution < -0.4 is 4.90 Å². The highest BCUT2D eigenvalue weighted by molar-refractivity contribution is 6.13. The number of hydrogen-bond acceptors (Lipinski definition) is 1. The molecular formula is C46H32N2. The first kappa shape index (κ1) is 20.2. The number of aryl methyl sites for hydroxylation is 2. The largest absolute Gasteiger partial charge is 0.310 e. The molecule has 48 heavy (non-hydrogen) atoms. The predicted molar refractivity (Wildman–Crippen MR) is 204 cm³/mol. The molecule has 10 rings (SSSR count). The highest BCUT2D eigenvalue weighted by Crippen LogP contribution is 2.51. The van der Waals surface area contributed by atoms with Crippen molar-refractivity contribution in [1.29, 1.82) is 0 Å². The summed E-state index contributed by atoms with van der Waals surface area (Å²) < 4.78 is 70.5. The van der Waals surface area contributed by atoms with Gasteiger partial charge in [0.15, 0.2) is 0 Å². The Labute approximate surface area is 291 Å². The third-order valence-electron chi connectivity index (χ3n) is 9.76. The normalized spacial score (nSPS) is 14.3. The lowest BCUT2D eigenvalue weighted by atomic mass is 9.78. The summed E-state index contributed by atoms with van der Waals surface area (Å²) in [4.78, 5) is 2.33. The van der Waals surface area contributed by atoms with E-state index in [9.17, 15) is 0 Å². The Morgan fingerprint density at radius 3 is 1.52 bits per heavy atom. The molecule has 0 N–H and O–H groups in total. The molecule has 9 aromatic rings. The van der Waals surface area contributed by atoms with Crippen molar-refractivity contribution in [1.82, 2.24) is 4.57 Å². The molecule has 0 amide bonds. The number of nitrogens with zero attached hydrogens (tertiary/aromatic N) is 2. The molecule has 2 heteroatoms. The van der Waals surface area contributed by atoms with E-state index in [0.717, 1.165) is 55.3 Å². The lowest BCUT2D eigenvalue weighted by molar-refractivity contribution is 1.19. The van der Waals surface area contributed by atoms with Gasteiger partial charge >= 0.3 is 0 Å². The lowest BCUT2D eigenvalue weighted by Gasteiger charge is -2.29. The van der Waals surface area contributed by atoms with Gasteiger partial charge in [0.2, 0.25) is 0 Å². The lowest BCUT2D eigenvalue weighted by Crippen LogP contribution is -2.12. The van der Waals surface area contributed by atoms with E-state index >= 15 is 0 Å². The number of rotatable bonds is 4. The quantitative estimate of drug-likeness (QED) is 0.190. The summed E-state index contributed by atoms with van der Waals surface area (Å²) in [5, 5.41) is 4.26. The summed E-state index contributed by atoms with van der Waals surface area (Å²) in [6, 6.07) is 34.9. The zero-order valence-electron chi connectivity index (χ0n) is 34.3. The van der Waals surface area contributed by atoms with E-state index in [-0.39, 0.29) is 46.0 Å². The van der Waals surface area contributed by atoms with Crippen molar-refractivity contribution in [2.75, 3.05) is 4.90 Å². The summed E-state index contributed by atoms with van der Waals surface area (Å²) in [6.45, 7) is 4.28. The van der Waals surface area contributed by atoms with Crippen LogP contribution in [-0.4, -0.2) is 4.57 Å². The molecule has 1 aromatic heterocycles. The van der Waals surface area contributed by atoms with Gasteiger partial charge in [0.25, 0.3) is 0 Å². The average molecular weight is 621 g/mol. The Kier molecular flexibility index (Phi) is 4.29. The van der Waals surface area contributed by atoms with E-state index in [1.54, 1.807) is 4.57 Å². The predicted octanol–water partition coefficient (Wildman–Crippen LogP) is 12.8. The molecule has 1 aliphatic rings. The van der Waals surface area contributed by atoms with E-state index < -0.39 is 24.2 Å². The molecule has 1 heterocycles. The number of para-hydroxylation sites is 4. The molecule has 0 atom stereocenters. The zero-order chi connectivity index (χ0) is 38.9. The molecule has 0 fully saturated rings. The standard InChI is InChI=1S/C46H32N2/c1-29-11-3-7-15-43(29)47(44-16-8-4-12-30(44)2)35-21-19-31-25-39-41(27-33(31)23-35)40-26-32-20-22-36(24-34(32)28-42(39)40)48-45-17-9-5-13-37(45)38-14-6-10-18-46(38)48/h3-28H,1-2H3/i5D,6D,9D,10D,13D,14D,17D,18D. The fraction of sp³-hybridized carbons (Fsp3) is 0.0435. The first-order valence-electron chi connectivity index (χ1n) is 20.0. The van der Waals surface area contributed by atoms with Crippen molar-refractivity contribution >= 4 is 60.4 Å². The van der Waals surface area contributed by atoms with Gasteiger partial charge < -0.3 is 9.47 Å². The van der Waals surface area contributed by atoms with Crippen LogP contribution in [-0.2, 0) is 0 Å². The maximum atomic E-state index is 8.89. The van der Waals surface area contributed by atoms with Gasteiger partial charge in [-0.3, -0.25) is 0 Å². The summed E-state index contributed by atoms with van der Waals surface area (Å²) in [7, 11) is 0. The van der Waals surface area contributed by atoms with E-state index in [1.165, 1.54) is 16.7 Å². The highest BCUT2D eigenvalue weighted by atomic mass is 15.1. The van der Waals surface area contributed by atoms with Crippen LogP contribution >= 0.6 is 0 Å². The van der Waals surface area contributed by atoms with Crippen LogP contribution in [0.5, 0.6) is 0 Å². The third kappa shape index (κ3) is 3.93. The number of aromatic nitrogens is 1. The Hall–Kier alpha value is -6.12. The van der Waals surface area contributed by atoms with Crippen molar-refractivity contribution in [3.8, 4) is 27.9 Å². The Balaban J connectivity index is 1.12. The molecule has 0 unspecified atom stereocenters. The molecule has 2 nitrogen and oxygen atoms in total. The first-order chi connectivity index (χ1) is 26.9. The van der Waals surface area contributed by atoms with Gasteiger partial charge in [0.05, 0.1) is 22.0 Å². The maximum Gasteiger partial charge on any atom is 0.0645 e. The van der Waals surface area contributed by atoms with Crippen molar-refractivity contribution in [3.05, 3.63) is 169 Å². The van der Waals surface area contributed by atoms with E-state index in [0.29, 0.717) is 5.69 Å². The van der Waals surface area contributed by atoms with Crippen LogP contribution in [0.25, 0.3) is 71.3 Å². The second kappa shape index (κ2) is 10.2. The van der Waals surface area contributed by atoms with Gasteiger partial charge in [-0.05, 0) is 142 Å². The SMILES string of the molecule is [2H]c1c([2H])c([2H])c2c(c1[2H])c1c([2H])c([2H])c([2H])c([2H])c1n2-c1ccc2cc3c(cc2c1)-c1cc2ccc(N(c4ccccc4C)c4ccccc4C)cc2cc1-3. The molecule has 0 radical (unpaired) electrons. The Morgan fingerprint density at radius 2 is 0.958 bits per heavy atom. The fourth-order valence-corrected chi connectivity index (χ4v) is 7.39. The molecule has 0 spiro atoms. The van der Waals surface area contributed by atoms with Gasteiger partial charge in [-0.15, -0.1) is 0 Å². The van der Waals surface area contributed by atoms with E-state index in [2.05, 4.69) is 110 Å². The van der Waals surface area contributed by atoms with Gasteiger partial charge in [-0.1, -0.05) is 84.8 Å². The molecule has 0 bridgehead atoms. The van der Waals surface area contributed by atoms with Crippen molar-refractivity contribution in [3.63, 3.8) is 0 Å². The topological polar surface area (TPSA) is 8.17 Å². The zero-order valence-corrected chi connectivity index (χ0v) is 26.3. The van der Waals surface area contributed by atoms with Crippen molar-refractivity contribution in [2.24, 2.45) is 0 Å². The van der Waals surface area contributed by atoms with Crippen LogP contribution in [0.2, 0.25) is 0 Å². The molecule has 226 valence electrons. The van der Waals surface area contributed by atoms with Crippen molar-refractivity contribution < 1.29 is 11.0 Å². The van der Waals surface area contributed by atoms with Crippen molar-refractivity contribution in [2.45, 2.75) is 13.8 Å². The van der Waals surface area contributed by atoms with Crippen LogP contribution in [0.3, 0.4) is 0 Å². The minimum atomic E-state index is -0.455. The van der Waals surface area contributed by atoms with E-state index in [4.69, 9.17) is 11.0 Å². The number of hydrogen-bond donors (Lipinski definition) is 0. The summed E-state index contributed by atoms with van der Waals surface area (Å²) in [5.41, 5.74) is 11.0. The number of anilines is 3. The molecule has 8 aromatic carbocycles. The second-order valence-corrected chi connectivity index (χ2v) is 12.5. The maximum absolute atomic E-state index is 8.89. The first-order valence-corrected chi connectivity index (χ1v) is 16.0. The number of fused-ring (bicyclic) bond motifs is 9. The van der Waals surface area contributed by atoms with Crippen LogP contribution in [0, 0.1) is 13.8 Å². The monoisotopic (exact) mass is 620 g/mol. The molecular weight excluding hydrogens is 581 g/mol. The molecule has 0 saturated carbocycles. The Morgan fingerprint density at radius 1 is 0.479 bits per heavy atom. The summed E-state index contributed by atoms with van der Waals surface area (Å²) in [6.07, 6.45) is 0. The molecule has 0 saturated heterocycles. The average Bonchev–Trinajstić information content (AvgIpc) is 3.57. The van der Waals surface area contributed by atoms with Crippen LogP contribution in [0.15, 0.2) is 158 Å².